The summed E-state index contributed by atoms with van der Waals surface area (Å²) in [6, 6.07) is 13.0. The van der Waals surface area contributed by atoms with E-state index < -0.39 is 19.9 Å². The summed E-state index contributed by atoms with van der Waals surface area (Å²) in [6.07, 6.45) is 1.03. The van der Waals surface area contributed by atoms with Crippen molar-refractivity contribution in [2.45, 2.75) is 9.79 Å². The summed E-state index contributed by atoms with van der Waals surface area (Å²) in [5.41, 5.74) is 0.116. The Morgan fingerprint density at radius 3 is 2.32 bits per heavy atom. The van der Waals surface area contributed by atoms with Crippen LogP contribution in [0.4, 0.5) is 5.69 Å². The molecule has 0 atom stereocenters. The van der Waals surface area contributed by atoms with E-state index in [-0.39, 0.29) is 21.0 Å². The monoisotopic (exact) mass is 336 g/mol. The molecule has 0 aliphatic carbocycles. The number of sulfone groups is 1. The Kier molecular flexibility index (Phi) is 4.21. The molecule has 2 rings (SSSR count). The van der Waals surface area contributed by atoms with Gasteiger partial charge >= 0.3 is 0 Å². The molecule has 0 amide bonds. The van der Waals surface area contributed by atoms with E-state index in [0.29, 0.717) is 0 Å². The molecule has 6 nitrogen and oxygen atoms in total. The fraction of sp³-hybridized carbons (Fsp3) is 0.0714. The van der Waals surface area contributed by atoms with Crippen molar-refractivity contribution in [1.82, 2.24) is 0 Å². The molecular formula is C14H12N2O4S2. The number of rotatable bonds is 4. The highest BCUT2D eigenvalue weighted by molar-refractivity contribution is 7.92. The topological polar surface area (TPSA) is 104 Å². The van der Waals surface area contributed by atoms with Crippen molar-refractivity contribution in [3.63, 3.8) is 0 Å². The summed E-state index contributed by atoms with van der Waals surface area (Å²) >= 11 is 0. The molecule has 2 aromatic rings. The first-order chi connectivity index (χ1) is 10.2. The van der Waals surface area contributed by atoms with Crippen LogP contribution in [0.3, 0.4) is 0 Å². The van der Waals surface area contributed by atoms with E-state index in [0.717, 1.165) is 6.26 Å². The number of anilines is 1. The highest BCUT2D eigenvalue weighted by Crippen LogP contribution is 2.21. The van der Waals surface area contributed by atoms with Gasteiger partial charge in [0.15, 0.2) is 9.84 Å². The van der Waals surface area contributed by atoms with Gasteiger partial charge in [-0.2, -0.15) is 5.26 Å². The number of nitriles is 1. The van der Waals surface area contributed by atoms with Crippen molar-refractivity contribution >= 4 is 25.5 Å². The van der Waals surface area contributed by atoms with Crippen LogP contribution in [-0.2, 0) is 19.9 Å². The van der Waals surface area contributed by atoms with Crippen molar-refractivity contribution in [3.05, 3.63) is 54.1 Å². The van der Waals surface area contributed by atoms with E-state index in [1.807, 2.05) is 6.07 Å². The summed E-state index contributed by atoms with van der Waals surface area (Å²) in [5.74, 6) is 0. The van der Waals surface area contributed by atoms with Crippen LogP contribution in [0.1, 0.15) is 5.56 Å². The van der Waals surface area contributed by atoms with E-state index in [1.54, 1.807) is 6.07 Å². The zero-order valence-electron chi connectivity index (χ0n) is 11.5. The maximum atomic E-state index is 12.3. The van der Waals surface area contributed by atoms with Crippen LogP contribution in [0.2, 0.25) is 0 Å². The largest absolute Gasteiger partial charge is 0.280 e. The van der Waals surface area contributed by atoms with Gasteiger partial charge in [0.2, 0.25) is 0 Å². The van der Waals surface area contributed by atoms with Crippen LogP contribution >= 0.6 is 0 Å². The van der Waals surface area contributed by atoms with E-state index in [4.69, 9.17) is 5.26 Å². The van der Waals surface area contributed by atoms with Crippen molar-refractivity contribution in [1.29, 1.82) is 5.26 Å². The number of hydrogen-bond acceptors (Lipinski definition) is 5. The molecule has 0 saturated carbocycles. The Hall–Kier alpha value is -2.37. The lowest BCUT2D eigenvalue weighted by Gasteiger charge is -2.10. The number of benzene rings is 2. The van der Waals surface area contributed by atoms with Gasteiger partial charge in [0.1, 0.15) is 11.0 Å². The molecular weight excluding hydrogens is 324 g/mol. The second-order valence-electron chi connectivity index (χ2n) is 4.51. The van der Waals surface area contributed by atoms with Crippen LogP contribution in [0.5, 0.6) is 0 Å². The molecule has 8 heteroatoms. The van der Waals surface area contributed by atoms with Gasteiger partial charge in [0.25, 0.3) is 10.0 Å². The highest BCUT2D eigenvalue weighted by atomic mass is 32.2. The van der Waals surface area contributed by atoms with Gasteiger partial charge in [0, 0.05) is 6.26 Å². The minimum Gasteiger partial charge on any atom is -0.280 e. The minimum absolute atomic E-state index is 0.00117. The highest BCUT2D eigenvalue weighted by Gasteiger charge is 2.19. The SMILES string of the molecule is CS(=O)(=O)c1cccc(NS(=O)(=O)c2ccccc2C#N)c1. The zero-order chi connectivity index (χ0) is 16.4. The average Bonchev–Trinajstić information content (AvgIpc) is 2.46. The van der Waals surface area contributed by atoms with Gasteiger partial charge < -0.3 is 0 Å². The number of hydrogen-bond donors (Lipinski definition) is 1. The molecule has 0 heterocycles. The van der Waals surface area contributed by atoms with E-state index >= 15 is 0 Å². The molecule has 0 aliphatic rings. The molecule has 2 aromatic carbocycles. The van der Waals surface area contributed by atoms with Crippen molar-refractivity contribution < 1.29 is 16.8 Å². The summed E-state index contributed by atoms with van der Waals surface area (Å²) in [5, 5.41) is 8.98. The van der Waals surface area contributed by atoms with Gasteiger partial charge in [-0.25, -0.2) is 16.8 Å². The molecule has 0 fully saturated rings. The van der Waals surface area contributed by atoms with Crippen LogP contribution in [0.25, 0.3) is 0 Å². The predicted molar refractivity (Wildman–Crippen MR) is 81.5 cm³/mol. The average molecular weight is 336 g/mol. The van der Waals surface area contributed by atoms with Gasteiger partial charge in [-0.3, -0.25) is 4.72 Å². The standard InChI is InChI=1S/C14H12N2O4S2/c1-21(17,18)13-7-4-6-12(9-13)16-22(19,20)14-8-3-2-5-11(14)10-15/h2-9,16H,1H3. The normalized spacial score (nSPS) is 11.6. The summed E-state index contributed by atoms with van der Waals surface area (Å²) in [4.78, 5) is -0.163. The molecule has 114 valence electrons. The molecule has 0 bridgehead atoms. The number of sulfonamides is 1. The molecule has 1 N–H and O–H groups in total. The molecule has 0 spiro atoms. The minimum atomic E-state index is -3.99. The first-order valence-electron chi connectivity index (χ1n) is 6.06. The van der Waals surface area contributed by atoms with Crippen LogP contribution in [-0.4, -0.2) is 23.1 Å². The number of nitrogens with zero attached hydrogens (tertiary/aromatic N) is 1. The van der Waals surface area contributed by atoms with Crippen LogP contribution < -0.4 is 4.72 Å². The van der Waals surface area contributed by atoms with Crippen molar-refractivity contribution in [2.24, 2.45) is 0 Å². The Morgan fingerprint density at radius 1 is 1.00 bits per heavy atom. The Labute approximate surface area is 129 Å². The second-order valence-corrected chi connectivity index (χ2v) is 8.18. The molecule has 0 aromatic heterocycles. The molecule has 0 unspecified atom stereocenters. The van der Waals surface area contributed by atoms with Gasteiger partial charge in [-0.15, -0.1) is 0 Å². The van der Waals surface area contributed by atoms with Gasteiger partial charge in [-0.1, -0.05) is 18.2 Å². The van der Waals surface area contributed by atoms with Crippen molar-refractivity contribution in [3.8, 4) is 6.07 Å². The third-order valence-electron chi connectivity index (χ3n) is 2.81. The van der Waals surface area contributed by atoms with Gasteiger partial charge in [-0.05, 0) is 30.3 Å². The number of nitrogens with one attached hydrogen (secondary N) is 1. The van der Waals surface area contributed by atoms with E-state index in [9.17, 15) is 16.8 Å². The first-order valence-corrected chi connectivity index (χ1v) is 9.43. The van der Waals surface area contributed by atoms with Crippen molar-refractivity contribution in [2.75, 3.05) is 11.0 Å². The molecule has 0 radical (unpaired) electrons. The lowest BCUT2D eigenvalue weighted by atomic mass is 10.2. The maximum Gasteiger partial charge on any atom is 0.263 e. The summed E-state index contributed by atoms with van der Waals surface area (Å²) in [7, 11) is -7.43. The Bertz CT molecular complexity index is 958. The lowest BCUT2D eigenvalue weighted by molar-refractivity contribution is 0.599. The third-order valence-corrected chi connectivity index (χ3v) is 5.36. The lowest BCUT2D eigenvalue weighted by Crippen LogP contribution is -2.14. The second kappa shape index (κ2) is 5.79. The smallest absolute Gasteiger partial charge is 0.263 e. The molecule has 0 aliphatic heterocycles. The maximum absolute atomic E-state index is 12.3. The van der Waals surface area contributed by atoms with Crippen LogP contribution in [0.15, 0.2) is 58.3 Å². The van der Waals surface area contributed by atoms with E-state index in [2.05, 4.69) is 4.72 Å². The first kappa shape index (κ1) is 16.0. The Balaban J connectivity index is 2.44. The molecule has 0 saturated heterocycles. The van der Waals surface area contributed by atoms with E-state index in [1.165, 1.54) is 42.5 Å². The predicted octanol–water partition coefficient (Wildman–Crippen LogP) is 1.76. The zero-order valence-corrected chi connectivity index (χ0v) is 13.1. The Morgan fingerprint density at radius 2 is 1.68 bits per heavy atom. The fourth-order valence-corrected chi connectivity index (χ4v) is 3.67. The fourth-order valence-electron chi connectivity index (χ4n) is 1.79. The molecule has 22 heavy (non-hydrogen) atoms. The summed E-state index contributed by atoms with van der Waals surface area (Å²) < 4.78 is 49.9. The summed E-state index contributed by atoms with van der Waals surface area (Å²) in [6.45, 7) is 0. The third kappa shape index (κ3) is 3.44. The van der Waals surface area contributed by atoms with Gasteiger partial charge in [0.05, 0.1) is 16.1 Å². The quantitative estimate of drug-likeness (QED) is 0.916. The van der Waals surface area contributed by atoms with Crippen LogP contribution in [0, 0.1) is 11.3 Å².